The number of benzene rings is 2. The summed E-state index contributed by atoms with van der Waals surface area (Å²) in [5.41, 5.74) is 1.30. The van der Waals surface area contributed by atoms with Crippen molar-refractivity contribution in [2.24, 2.45) is 0 Å². The maximum atomic E-state index is 12.0. The lowest BCUT2D eigenvalue weighted by Crippen LogP contribution is -2.14. The summed E-state index contributed by atoms with van der Waals surface area (Å²) in [4.78, 5) is 35.6. The molecule has 0 aliphatic rings. The fourth-order valence-corrected chi connectivity index (χ4v) is 2.97. The van der Waals surface area contributed by atoms with Crippen LogP contribution in [0.4, 0.5) is 11.4 Å². The summed E-state index contributed by atoms with van der Waals surface area (Å²) in [6.07, 6.45) is 2.35. The Morgan fingerprint density at radius 1 is 0.963 bits per heavy atom. The fraction of sp³-hybridized carbons (Fsp3) is 0.250. The van der Waals surface area contributed by atoms with Crippen molar-refractivity contribution in [1.29, 1.82) is 0 Å². The third-order valence-electron chi connectivity index (χ3n) is 3.66. The molecule has 2 amide bonds. The minimum absolute atomic E-state index is 0.000206. The van der Waals surface area contributed by atoms with E-state index < -0.39 is 5.97 Å². The molecule has 7 heteroatoms. The van der Waals surface area contributed by atoms with Crippen LogP contribution in [0, 0.1) is 0 Å². The highest BCUT2D eigenvalue weighted by atomic mass is 32.2. The zero-order valence-corrected chi connectivity index (χ0v) is 15.8. The SMILES string of the molecule is CCCCC(=O)Nc1ccc(SCC(=O)Nc2cccc(C(=O)O)c2)cc1. The first-order valence-electron chi connectivity index (χ1n) is 8.64. The molecule has 0 saturated carbocycles. The number of amides is 2. The smallest absolute Gasteiger partial charge is 0.335 e. The maximum absolute atomic E-state index is 12.0. The van der Waals surface area contributed by atoms with E-state index in [1.165, 1.54) is 23.9 Å². The lowest BCUT2D eigenvalue weighted by molar-refractivity contribution is -0.116. The van der Waals surface area contributed by atoms with Gasteiger partial charge in [-0.05, 0) is 48.9 Å². The predicted molar refractivity (Wildman–Crippen MR) is 107 cm³/mol. The highest BCUT2D eigenvalue weighted by Crippen LogP contribution is 2.21. The Morgan fingerprint density at radius 2 is 1.67 bits per heavy atom. The minimum Gasteiger partial charge on any atom is -0.478 e. The summed E-state index contributed by atoms with van der Waals surface area (Å²) in [7, 11) is 0. The molecule has 0 aromatic heterocycles. The van der Waals surface area contributed by atoms with Gasteiger partial charge in [-0.3, -0.25) is 9.59 Å². The molecule has 0 saturated heterocycles. The van der Waals surface area contributed by atoms with E-state index in [0.717, 1.165) is 23.4 Å². The van der Waals surface area contributed by atoms with E-state index in [-0.39, 0.29) is 23.1 Å². The van der Waals surface area contributed by atoms with Crippen LogP contribution in [0.15, 0.2) is 53.4 Å². The van der Waals surface area contributed by atoms with Crippen LogP contribution in [0.1, 0.15) is 36.5 Å². The molecule has 2 aromatic carbocycles. The van der Waals surface area contributed by atoms with E-state index in [9.17, 15) is 14.4 Å². The minimum atomic E-state index is -1.04. The van der Waals surface area contributed by atoms with Crippen LogP contribution in [0.25, 0.3) is 0 Å². The molecule has 0 atom stereocenters. The Labute approximate surface area is 162 Å². The molecule has 27 heavy (non-hydrogen) atoms. The number of thioether (sulfide) groups is 1. The zero-order chi connectivity index (χ0) is 19.6. The molecule has 2 aromatic rings. The third-order valence-corrected chi connectivity index (χ3v) is 4.67. The molecular formula is C20H22N2O4S. The summed E-state index contributed by atoms with van der Waals surface area (Å²) in [5.74, 6) is -1.07. The summed E-state index contributed by atoms with van der Waals surface area (Å²) < 4.78 is 0. The third kappa shape index (κ3) is 7.15. The Hall–Kier alpha value is -2.80. The van der Waals surface area contributed by atoms with Crippen LogP contribution >= 0.6 is 11.8 Å². The Kier molecular flexibility index (Phi) is 7.88. The van der Waals surface area contributed by atoms with Gasteiger partial charge in [-0.2, -0.15) is 0 Å². The van der Waals surface area contributed by atoms with Crippen molar-refractivity contribution in [3.8, 4) is 0 Å². The van der Waals surface area contributed by atoms with Gasteiger partial charge in [0, 0.05) is 22.7 Å². The van der Waals surface area contributed by atoms with Crippen molar-refractivity contribution in [3.05, 3.63) is 54.1 Å². The van der Waals surface area contributed by atoms with E-state index in [0.29, 0.717) is 12.1 Å². The van der Waals surface area contributed by atoms with Crippen molar-refractivity contribution < 1.29 is 19.5 Å². The molecule has 2 rings (SSSR count). The van der Waals surface area contributed by atoms with Crippen LogP contribution in [0.2, 0.25) is 0 Å². The number of carbonyl (C=O) groups excluding carboxylic acids is 2. The van der Waals surface area contributed by atoms with E-state index in [1.807, 2.05) is 19.1 Å². The number of unbranched alkanes of at least 4 members (excludes halogenated alkanes) is 1. The standard InChI is InChI=1S/C20H22N2O4S/c1-2-3-7-18(23)21-15-8-10-17(11-9-15)27-13-19(24)22-16-6-4-5-14(12-16)20(25)26/h4-6,8-12H,2-3,7,13H2,1H3,(H,21,23)(H,22,24)(H,25,26). The lowest BCUT2D eigenvalue weighted by atomic mass is 10.2. The topological polar surface area (TPSA) is 95.5 Å². The summed E-state index contributed by atoms with van der Waals surface area (Å²) in [5, 5.41) is 14.5. The first kappa shape index (κ1) is 20.5. The highest BCUT2D eigenvalue weighted by molar-refractivity contribution is 8.00. The molecule has 0 spiro atoms. The summed E-state index contributed by atoms with van der Waals surface area (Å²) in [6, 6.07) is 13.4. The average Bonchev–Trinajstić information content (AvgIpc) is 2.66. The van der Waals surface area contributed by atoms with Gasteiger partial charge in [0.2, 0.25) is 11.8 Å². The Bertz CT molecular complexity index is 806. The van der Waals surface area contributed by atoms with Gasteiger partial charge in [0.05, 0.1) is 11.3 Å². The number of aromatic carboxylic acids is 1. The van der Waals surface area contributed by atoms with E-state index >= 15 is 0 Å². The average molecular weight is 386 g/mol. The largest absolute Gasteiger partial charge is 0.478 e. The number of hydrogen-bond acceptors (Lipinski definition) is 4. The molecule has 0 bridgehead atoms. The number of rotatable bonds is 9. The van der Waals surface area contributed by atoms with Crippen molar-refractivity contribution in [2.45, 2.75) is 31.1 Å². The molecule has 0 aliphatic carbocycles. The predicted octanol–water partition coefficient (Wildman–Crippen LogP) is 4.24. The molecule has 3 N–H and O–H groups in total. The number of carbonyl (C=O) groups is 3. The highest BCUT2D eigenvalue weighted by Gasteiger charge is 2.07. The van der Waals surface area contributed by atoms with Gasteiger partial charge in [0.1, 0.15) is 0 Å². The van der Waals surface area contributed by atoms with Gasteiger partial charge in [0.25, 0.3) is 0 Å². The quantitative estimate of drug-likeness (QED) is 0.560. The normalized spacial score (nSPS) is 10.3. The molecule has 0 radical (unpaired) electrons. The summed E-state index contributed by atoms with van der Waals surface area (Å²) >= 11 is 1.36. The lowest BCUT2D eigenvalue weighted by Gasteiger charge is -2.07. The Balaban J connectivity index is 1.82. The van der Waals surface area contributed by atoms with Crippen LogP contribution in [0.3, 0.4) is 0 Å². The monoisotopic (exact) mass is 386 g/mol. The zero-order valence-electron chi connectivity index (χ0n) is 15.0. The van der Waals surface area contributed by atoms with Gasteiger partial charge in [-0.15, -0.1) is 11.8 Å². The number of anilines is 2. The fourth-order valence-electron chi connectivity index (χ4n) is 2.27. The van der Waals surface area contributed by atoms with E-state index in [2.05, 4.69) is 10.6 Å². The summed E-state index contributed by atoms with van der Waals surface area (Å²) in [6.45, 7) is 2.04. The van der Waals surface area contributed by atoms with Gasteiger partial charge < -0.3 is 15.7 Å². The first-order chi connectivity index (χ1) is 13.0. The van der Waals surface area contributed by atoms with Crippen molar-refractivity contribution in [3.63, 3.8) is 0 Å². The molecule has 6 nitrogen and oxygen atoms in total. The molecule has 0 heterocycles. The van der Waals surface area contributed by atoms with E-state index in [4.69, 9.17) is 5.11 Å². The van der Waals surface area contributed by atoms with Crippen molar-refractivity contribution in [2.75, 3.05) is 16.4 Å². The second kappa shape index (κ2) is 10.4. The molecule has 142 valence electrons. The number of hydrogen-bond donors (Lipinski definition) is 3. The number of carboxylic acids is 1. The van der Waals surface area contributed by atoms with Gasteiger partial charge in [0.15, 0.2) is 0 Å². The van der Waals surface area contributed by atoms with Crippen LogP contribution < -0.4 is 10.6 Å². The van der Waals surface area contributed by atoms with E-state index in [1.54, 1.807) is 24.3 Å². The van der Waals surface area contributed by atoms with Crippen molar-refractivity contribution >= 4 is 40.9 Å². The Morgan fingerprint density at radius 3 is 2.33 bits per heavy atom. The maximum Gasteiger partial charge on any atom is 0.335 e. The second-order valence-electron chi connectivity index (χ2n) is 5.90. The van der Waals surface area contributed by atoms with Crippen LogP contribution in [-0.4, -0.2) is 28.6 Å². The second-order valence-corrected chi connectivity index (χ2v) is 6.95. The van der Waals surface area contributed by atoms with Gasteiger partial charge in [-0.25, -0.2) is 4.79 Å². The molecular weight excluding hydrogens is 364 g/mol. The van der Waals surface area contributed by atoms with Gasteiger partial charge >= 0.3 is 5.97 Å². The van der Waals surface area contributed by atoms with Crippen LogP contribution in [0.5, 0.6) is 0 Å². The molecule has 0 aliphatic heterocycles. The first-order valence-corrected chi connectivity index (χ1v) is 9.62. The van der Waals surface area contributed by atoms with Crippen molar-refractivity contribution in [1.82, 2.24) is 0 Å². The molecule has 0 unspecified atom stereocenters. The van der Waals surface area contributed by atoms with Crippen LogP contribution in [-0.2, 0) is 9.59 Å². The molecule has 0 fully saturated rings. The number of nitrogens with one attached hydrogen (secondary N) is 2. The number of carboxylic acid groups (broad SMARTS) is 1. The van der Waals surface area contributed by atoms with Gasteiger partial charge in [-0.1, -0.05) is 19.4 Å².